The van der Waals surface area contributed by atoms with E-state index in [0.29, 0.717) is 6.61 Å². The van der Waals surface area contributed by atoms with E-state index in [1.807, 2.05) is 13.0 Å². The summed E-state index contributed by atoms with van der Waals surface area (Å²) in [6, 6.07) is 6.43. The highest BCUT2D eigenvalue weighted by atomic mass is 16.5. The molecule has 0 radical (unpaired) electrons. The Bertz CT molecular complexity index is 378. The minimum absolute atomic E-state index is 0.119. The molecule has 0 heterocycles. The van der Waals surface area contributed by atoms with Crippen molar-refractivity contribution in [2.24, 2.45) is 5.73 Å². The highest BCUT2D eigenvalue weighted by molar-refractivity contribution is 5.38. The molecule has 0 spiro atoms. The molecule has 0 amide bonds. The maximum Gasteiger partial charge on any atom is 0.119 e. The van der Waals surface area contributed by atoms with E-state index in [1.54, 1.807) is 7.11 Å². The lowest BCUT2D eigenvalue weighted by Gasteiger charge is -2.23. The van der Waals surface area contributed by atoms with Gasteiger partial charge in [-0.3, -0.25) is 0 Å². The second-order valence-electron chi connectivity index (χ2n) is 4.72. The topological polar surface area (TPSA) is 44.5 Å². The molecule has 1 aliphatic rings. The largest absolute Gasteiger partial charge is 0.491 e. The molecule has 2 unspecified atom stereocenters. The maximum absolute atomic E-state index is 6.08. The smallest absolute Gasteiger partial charge is 0.119 e. The van der Waals surface area contributed by atoms with Gasteiger partial charge in [0.2, 0.25) is 0 Å². The summed E-state index contributed by atoms with van der Waals surface area (Å²) in [6.45, 7) is 2.58. The van der Waals surface area contributed by atoms with Crippen molar-refractivity contribution in [2.45, 2.75) is 38.3 Å². The second-order valence-corrected chi connectivity index (χ2v) is 4.72. The number of benzene rings is 1. The lowest BCUT2D eigenvalue weighted by atomic mass is 9.88. The average molecular weight is 235 g/mol. The van der Waals surface area contributed by atoms with Crippen LogP contribution in [0.5, 0.6) is 5.75 Å². The molecule has 1 aromatic carbocycles. The fraction of sp³-hybridized carbons (Fsp3) is 0.571. The zero-order valence-corrected chi connectivity index (χ0v) is 10.6. The first-order valence-corrected chi connectivity index (χ1v) is 6.24. The van der Waals surface area contributed by atoms with Crippen LogP contribution in [-0.4, -0.2) is 19.8 Å². The molecule has 0 aliphatic heterocycles. The third-order valence-electron chi connectivity index (χ3n) is 3.36. The van der Waals surface area contributed by atoms with E-state index in [9.17, 15) is 0 Å². The Kier molecular flexibility index (Phi) is 4.02. The van der Waals surface area contributed by atoms with Crippen molar-refractivity contribution in [3.05, 3.63) is 29.3 Å². The van der Waals surface area contributed by atoms with Gasteiger partial charge in [-0.15, -0.1) is 0 Å². The van der Waals surface area contributed by atoms with Crippen LogP contribution in [0.15, 0.2) is 18.2 Å². The number of methoxy groups -OCH3 is 1. The molecule has 0 fully saturated rings. The molecule has 0 saturated carbocycles. The fourth-order valence-electron chi connectivity index (χ4n) is 2.20. The van der Waals surface area contributed by atoms with Crippen LogP contribution in [0.3, 0.4) is 0 Å². The number of hydrogen-bond acceptors (Lipinski definition) is 3. The molecule has 1 aliphatic carbocycles. The fourth-order valence-corrected chi connectivity index (χ4v) is 2.20. The summed E-state index contributed by atoms with van der Waals surface area (Å²) in [5.41, 5.74) is 8.70. The number of fused-ring (bicyclic) bond motifs is 1. The number of aryl methyl sites for hydroxylation is 1. The van der Waals surface area contributed by atoms with Gasteiger partial charge in [0.1, 0.15) is 12.4 Å². The van der Waals surface area contributed by atoms with Crippen molar-refractivity contribution in [1.82, 2.24) is 0 Å². The Hall–Kier alpha value is -1.06. The van der Waals surface area contributed by atoms with Gasteiger partial charge in [-0.25, -0.2) is 0 Å². The summed E-state index contributed by atoms with van der Waals surface area (Å²) >= 11 is 0. The zero-order chi connectivity index (χ0) is 12.3. The summed E-state index contributed by atoms with van der Waals surface area (Å²) in [4.78, 5) is 0. The van der Waals surface area contributed by atoms with Crippen LogP contribution in [0, 0.1) is 0 Å². The predicted octanol–water partition coefficient (Wildman–Crippen LogP) is 2.44. The summed E-state index contributed by atoms with van der Waals surface area (Å²) < 4.78 is 10.9. The van der Waals surface area contributed by atoms with Gasteiger partial charge >= 0.3 is 0 Å². The molecule has 1 aromatic rings. The SMILES string of the molecule is COC(C)COc1ccc2c(c1)CCCC2N. The highest BCUT2D eigenvalue weighted by Crippen LogP contribution is 2.30. The number of hydrogen-bond donors (Lipinski definition) is 1. The summed E-state index contributed by atoms with van der Waals surface area (Å²) in [7, 11) is 1.69. The van der Waals surface area contributed by atoms with Gasteiger partial charge in [0.05, 0.1) is 6.10 Å². The summed E-state index contributed by atoms with van der Waals surface area (Å²) in [6.07, 6.45) is 3.49. The van der Waals surface area contributed by atoms with Crippen LogP contribution in [0.4, 0.5) is 0 Å². The van der Waals surface area contributed by atoms with Crippen LogP contribution >= 0.6 is 0 Å². The van der Waals surface area contributed by atoms with E-state index in [0.717, 1.165) is 18.6 Å². The van der Waals surface area contributed by atoms with Gasteiger partial charge < -0.3 is 15.2 Å². The van der Waals surface area contributed by atoms with Crippen molar-refractivity contribution in [3.8, 4) is 5.75 Å². The average Bonchev–Trinajstić information content (AvgIpc) is 2.36. The van der Waals surface area contributed by atoms with E-state index in [1.165, 1.54) is 17.5 Å². The molecule has 3 heteroatoms. The van der Waals surface area contributed by atoms with Crippen molar-refractivity contribution < 1.29 is 9.47 Å². The first-order valence-electron chi connectivity index (χ1n) is 6.24. The molecule has 17 heavy (non-hydrogen) atoms. The Morgan fingerprint density at radius 2 is 2.29 bits per heavy atom. The quantitative estimate of drug-likeness (QED) is 0.871. The van der Waals surface area contributed by atoms with E-state index in [4.69, 9.17) is 15.2 Å². The minimum Gasteiger partial charge on any atom is -0.491 e. The molecular formula is C14H21NO2. The van der Waals surface area contributed by atoms with Crippen LogP contribution in [0.2, 0.25) is 0 Å². The molecule has 0 aromatic heterocycles. The molecule has 2 atom stereocenters. The van der Waals surface area contributed by atoms with E-state index in [2.05, 4.69) is 12.1 Å². The summed E-state index contributed by atoms with van der Waals surface area (Å²) in [5, 5.41) is 0. The van der Waals surface area contributed by atoms with Crippen LogP contribution < -0.4 is 10.5 Å². The number of nitrogens with two attached hydrogens (primary N) is 1. The minimum atomic E-state index is 0.119. The Morgan fingerprint density at radius 1 is 1.47 bits per heavy atom. The van der Waals surface area contributed by atoms with Gasteiger partial charge in [0.25, 0.3) is 0 Å². The van der Waals surface area contributed by atoms with Gasteiger partial charge in [-0.1, -0.05) is 6.07 Å². The van der Waals surface area contributed by atoms with E-state index < -0.39 is 0 Å². The van der Waals surface area contributed by atoms with Crippen LogP contribution in [0.1, 0.15) is 36.9 Å². The van der Waals surface area contributed by atoms with Crippen molar-refractivity contribution in [1.29, 1.82) is 0 Å². The Morgan fingerprint density at radius 3 is 3.06 bits per heavy atom. The Labute approximate surface area is 103 Å². The standard InChI is InChI=1S/C14H21NO2/c1-10(16-2)9-17-12-6-7-13-11(8-12)4-3-5-14(13)15/h6-8,10,14H,3-5,9,15H2,1-2H3. The van der Waals surface area contributed by atoms with Gasteiger partial charge in [0.15, 0.2) is 0 Å². The van der Waals surface area contributed by atoms with Gasteiger partial charge in [-0.2, -0.15) is 0 Å². The van der Waals surface area contributed by atoms with E-state index >= 15 is 0 Å². The van der Waals surface area contributed by atoms with Crippen LogP contribution in [0.25, 0.3) is 0 Å². The van der Waals surface area contributed by atoms with Crippen molar-refractivity contribution in [3.63, 3.8) is 0 Å². The van der Waals surface area contributed by atoms with Crippen molar-refractivity contribution >= 4 is 0 Å². The first kappa shape index (κ1) is 12.4. The van der Waals surface area contributed by atoms with Crippen LogP contribution in [-0.2, 0) is 11.2 Å². The second kappa shape index (κ2) is 5.52. The Balaban J connectivity index is 2.05. The lowest BCUT2D eigenvalue weighted by Crippen LogP contribution is -2.18. The molecule has 3 nitrogen and oxygen atoms in total. The summed E-state index contributed by atoms with van der Waals surface area (Å²) in [5.74, 6) is 0.918. The van der Waals surface area contributed by atoms with E-state index in [-0.39, 0.29) is 12.1 Å². The van der Waals surface area contributed by atoms with Gasteiger partial charge in [0, 0.05) is 13.2 Å². The molecule has 2 rings (SSSR count). The molecular weight excluding hydrogens is 214 g/mol. The normalized spacial score (nSPS) is 20.8. The monoisotopic (exact) mass is 235 g/mol. The first-order chi connectivity index (χ1) is 8.20. The molecule has 0 bridgehead atoms. The zero-order valence-electron chi connectivity index (χ0n) is 10.6. The third-order valence-corrected chi connectivity index (χ3v) is 3.36. The van der Waals surface area contributed by atoms with Gasteiger partial charge in [-0.05, 0) is 49.4 Å². The number of ether oxygens (including phenoxy) is 2. The number of rotatable bonds is 4. The predicted molar refractivity (Wildman–Crippen MR) is 68.3 cm³/mol. The molecule has 2 N–H and O–H groups in total. The maximum atomic E-state index is 6.08. The van der Waals surface area contributed by atoms with Crippen molar-refractivity contribution in [2.75, 3.05) is 13.7 Å². The highest BCUT2D eigenvalue weighted by Gasteiger charge is 2.17. The lowest BCUT2D eigenvalue weighted by molar-refractivity contribution is 0.0716. The third kappa shape index (κ3) is 2.99. The molecule has 0 saturated heterocycles. The molecule has 94 valence electrons.